The van der Waals surface area contributed by atoms with Crippen molar-refractivity contribution in [1.29, 1.82) is 0 Å². The molecule has 0 saturated carbocycles. The molecule has 5 nitrogen and oxygen atoms in total. The average Bonchev–Trinajstić information content (AvgIpc) is 3.11. The Morgan fingerprint density at radius 1 is 1.28 bits per heavy atom. The predicted molar refractivity (Wildman–Crippen MR) is 98.0 cm³/mol. The Bertz CT molecular complexity index is 837. The fourth-order valence-electron chi connectivity index (χ4n) is 2.13. The van der Waals surface area contributed by atoms with Crippen LogP contribution in [0.2, 0.25) is 5.02 Å². The van der Waals surface area contributed by atoms with Crippen molar-refractivity contribution >= 4 is 28.8 Å². The van der Waals surface area contributed by atoms with Crippen LogP contribution in [0.4, 0.5) is 0 Å². The Hall–Kier alpha value is -2.44. The summed E-state index contributed by atoms with van der Waals surface area (Å²) in [7, 11) is 0. The number of halogens is 1. The van der Waals surface area contributed by atoms with Crippen molar-refractivity contribution in [3.05, 3.63) is 75.5 Å². The van der Waals surface area contributed by atoms with Crippen LogP contribution in [0.1, 0.15) is 34.2 Å². The number of ether oxygens (including phenoxy) is 1. The van der Waals surface area contributed by atoms with E-state index in [9.17, 15) is 4.79 Å². The quantitative estimate of drug-likeness (QED) is 0.701. The maximum atomic E-state index is 12.3. The van der Waals surface area contributed by atoms with E-state index in [1.54, 1.807) is 35.8 Å². The first-order valence-electron chi connectivity index (χ1n) is 7.66. The molecular formula is C18H16ClN3O2S. The van der Waals surface area contributed by atoms with E-state index < -0.39 is 0 Å². The number of carbonyl (C=O) groups excluding carboxylic acids is 1. The zero-order valence-corrected chi connectivity index (χ0v) is 15.1. The lowest BCUT2D eigenvalue weighted by atomic mass is 10.2. The van der Waals surface area contributed by atoms with Crippen molar-refractivity contribution in [2.45, 2.75) is 19.6 Å². The fourth-order valence-corrected chi connectivity index (χ4v) is 2.95. The number of benzene rings is 1. The smallest absolute Gasteiger partial charge is 0.271 e. The Morgan fingerprint density at radius 2 is 2.08 bits per heavy atom. The lowest BCUT2D eigenvalue weighted by molar-refractivity contribution is 0.0934. The Balaban J connectivity index is 1.57. The van der Waals surface area contributed by atoms with Crippen LogP contribution in [0, 0.1) is 0 Å². The van der Waals surface area contributed by atoms with Gasteiger partial charge in [0.1, 0.15) is 23.1 Å². The Morgan fingerprint density at radius 3 is 2.80 bits per heavy atom. The highest BCUT2D eigenvalue weighted by Gasteiger charge is 2.15. The minimum absolute atomic E-state index is 0.191. The molecule has 1 amide bonds. The molecule has 2 heterocycles. The summed E-state index contributed by atoms with van der Waals surface area (Å²) in [6.45, 7) is 2.19. The summed E-state index contributed by atoms with van der Waals surface area (Å²) in [5.74, 6) is 0.474. The number of hydrogen-bond acceptors (Lipinski definition) is 5. The van der Waals surface area contributed by atoms with Crippen molar-refractivity contribution in [3.8, 4) is 5.75 Å². The normalized spacial score (nSPS) is 11.8. The summed E-state index contributed by atoms with van der Waals surface area (Å²) < 4.78 is 5.64. The highest BCUT2D eigenvalue weighted by molar-refractivity contribution is 7.09. The molecule has 0 radical (unpaired) electrons. The van der Waals surface area contributed by atoms with Gasteiger partial charge in [-0.2, -0.15) is 0 Å². The zero-order valence-electron chi connectivity index (χ0n) is 13.5. The molecule has 7 heteroatoms. The molecule has 3 rings (SSSR count). The summed E-state index contributed by atoms with van der Waals surface area (Å²) in [4.78, 5) is 20.9. The minimum Gasteiger partial charge on any atom is -0.486 e. The van der Waals surface area contributed by atoms with Crippen molar-refractivity contribution in [3.63, 3.8) is 0 Å². The van der Waals surface area contributed by atoms with Crippen LogP contribution < -0.4 is 10.1 Å². The highest BCUT2D eigenvalue weighted by Crippen LogP contribution is 2.18. The van der Waals surface area contributed by atoms with Crippen molar-refractivity contribution in [2.24, 2.45) is 0 Å². The van der Waals surface area contributed by atoms with Gasteiger partial charge in [-0.15, -0.1) is 11.3 Å². The molecule has 0 fully saturated rings. The first kappa shape index (κ1) is 17.4. The molecule has 0 aliphatic carbocycles. The molecule has 2 aromatic heterocycles. The molecular weight excluding hydrogens is 358 g/mol. The second-order valence-electron chi connectivity index (χ2n) is 5.32. The third-order valence-electron chi connectivity index (χ3n) is 3.44. The van der Waals surface area contributed by atoms with Gasteiger partial charge in [0.05, 0.1) is 11.7 Å². The molecule has 0 aliphatic heterocycles. The second kappa shape index (κ2) is 8.09. The third kappa shape index (κ3) is 4.78. The van der Waals surface area contributed by atoms with E-state index in [-0.39, 0.29) is 11.9 Å². The molecule has 0 saturated heterocycles. The van der Waals surface area contributed by atoms with Gasteiger partial charge in [-0.3, -0.25) is 9.78 Å². The van der Waals surface area contributed by atoms with E-state index in [2.05, 4.69) is 15.3 Å². The van der Waals surface area contributed by atoms with E-state index >= 15 is 0 Å². The van der Waals surface area contributed by atoms with Crippen molar-refractivity contribution in [1.82, 2.24) is 15.3 Å². The number of nitrogens with one attached hydrogen (secondary N) is 1. The van der Waals surface area contributed by atoms with Gasteiger partial charge in [-0.1, -0.05) is 17.7 Å². The first-order chi connectivity index (χ1) is 12.1. The van der Waals surface area contributed by atoms with Gasteiger partial charge < -0.3 is 10.1 Å². The first-order valence-corrected chi connectivity index (χ1v) is 8.92. The summed E-state index contributed by atoms with van der Waals surface area (Å²) in [6, 6.07) is 12.5. The molecule has 1 aromatic carbocycles. The van der Waals surface area contributed by atoms with Gasteiger partial charge >= 0.3 is 0 Å². The van der Waals surface area contributed by atoms with Crippen LogP contribution >= 0.6 is 22.9 Å². The largest absolute Gasteiger partial charge is 0.486 e. The third-order valence-corrected chi connectivity index (χ3v) is 4.51. The number of rotatable bonds is 6. The fraction of sp³-hybridized carbons (Fsp3) is 0.167. The van der Waals surface area contributed by atoms with E-state index in [1.807, 2.05) is 25.1 Å². The maximum Gasteiger partial charge on any atom is 0.271 e. The topological polar surface area (TPSA) is 64.1 Å². The molecule has 1 unspecified atom stereocenters. The summed E-state index contributed by atoms with van der Waals surface area (Å²) in [5.41, 5.74) is 1.18. The average molecular weight is 374 g/mol. The minimum atomic E-state index is -0.229. The Kier molecular flexibility index (Phi) is 5.63. The Labute approximate surface area is 154 Å². The van der Waals surface area contributed by atoms with Gasteiger partial charge in [0.15, 0.2) is 0 Å². The number of pyridine rings is 1. The maximum absolute atomic E-state index is 12.3. The summed E-state index contributed by atoms with van der Waals surface area (Å²) in [5, 5.41) is 6.00. The number of nitrogens with zero attached hydrogens (tertiary/aromatic N) is 2. The number of hydrogen-bond donors (Lipinski definition) is 1. The van der Waals surface area contributed by atoms with Crippen LogP contribution in [-0.2, 0) is 6.61 Å². The highest BCUT2D eigenvalue weighted by atomic mass is 35.5. The summed E-state index contributed by atoms with van der Waals surface area (Å²) >= 11 is 7.22. The zero-order chi connectivity index (χ0) is 17.6. The summed E-state index contributed by atoms with van der Waals surface area (Å²) in [6.07, 6.45) is 1.70. The van der Waals surface area contributed by atoms with Gasteiger partial charge in [-0.05, 0) is 43.3 Å². The van der Waals surface area contributed by atoms with Crippen LogP contribution in [0.3, 0.4) is 0 Å². The van der Waals surface area contributed by atoms with E-state index in [4.69, 9.17) is 16.3 Å². The second-order valence-corrected chi connectivity index (χ2v) is 6.70. The lowest BCUT2D eigenvalue weighted by Gasteiger charge is -2.11. The van der Waals surface area contributed by atoms with Gasteiger partial charge in [-0.25, -0.2) is 4.98 Å². The van der Waals surface area contributed by atoms with Gasteiger partial charge in [0.25, 0.3) is 5.91 Å². The van der Waals surface area contributed by atoms with Crippen molar-refractivity contribution in [2.75, 3.05) is 0 Å². The lowest BCUT2D eigenvalue weighted by Crippen LogP contribution is -2.27. The van der Waals surface area contributed by atoms with E-state index in [0.717, 1.165) is 10.7 Å². The molecule has 128 valence electrons. The van der Waals surface area contributed by atoms with Crippen LogP contribution in [-0.4, -0.2) is 15.9 Å². The molecule has 0 spiro atoms. The van der Waals surface area contributed by atoms with E-state index in [0.29, 0.717) is 23.1 Å². The van der Waals surface area contributed by atoms with Gasteiger partial charge in [0, 0.05) is 16.6 Å². The van der Waals surface area contributed by atoms with Crippen LogP contribution in [0.25, 0.3) is 0 Å². The SMILES string of the molecule is CC(NC(=O)c1csc(COc2ccc(Cl)cc2)n1)c1ccccn1. The van der Waals surface area contributed by atoms with E-state index in [1.165, 1.54) is 11.3 Å². The van der Waals surface area contributed by atoms with Crippen LogP contribution in [0.5, 0.6) is 5.75 Å². The molecule has 3 aromatic rings. The van der Waals surface area contributed by atoms with Crippen molar-refractivity contribution < 1.29 is 9.53 Å². The number of amides is 1. The molecule has 25 heavy (non-hydrogen) atoms. The van der Waals surface area contributed by atoms with Crippen LogP contribution in [0.15, 0.2) is 54.0 Å². The number of aromatic nitrogens is 2. The number of thiazole rings is 1. The monoisotopic (exact) mass is 373 g/mol. The number of carbonyl (C=O) groups is 1. The molecule has 0 bridgehead atoms. The standard InChI is InChI=1S/C18H16ClN3O2S/c1-12(15-4-2-3-9-20-15)21-18(23)16-11-25-17(22-16)10-24-14-7-5-13(19)6-8-14/h2-9,11-12H,10H2,1H3,(H,21,23). The predicted octanol–water partition coefficient (Wildman–Crippen LogP) is 4.26. The van der Waals surface area contributed by atoms with Gasteiger partial charge in [0.2, 0.25) is 0 Å². The molecule has 1 atom stereocenters. The molecule has 0 aliphatic rings. The molecule has 1 N–H and O–H groups in total.